The van der Waals surface area contributed by atoms with Gasteiger partial charge in [0, 0.05) is 18.2 Å². The summed E-state index contributed by atoms with van der Waals surface area (Å²) in [4.78, 5) is 16.6. The molecule has 0 saturated carbocycles. The van der Waals surface area contributed by atoms with E-state index in [2.05, 4.69) is 5.32 Å². The van der Waals surface area contributed by atoms with Gasteiger partial charge in [0.25, 0.3) is 0 Å². The number of carbonyl (C=O) groups excluding carboxylic acids is 1. The van der Waals surface area contributed by atoms with Gasteiger partial charge in [-0.3, -0.25) is 9.20 Å². The number of pyridine rings is 1. The molecule has 3 rings (SSSR count). The van der Waals surface area contributed by atoms with Gasteiger partial charge in [-0.05, 0) is 48.9 Å². The van der Waals surface area contributed by atoms with Gasteiger partial charge in [-0.25, -0.2) is 4.98 Å². The van der Waals surface area contributed by atoms with Crippen LogP contribution in [0.2, 0.25) is 0 Å². The first kappa shape index (κ1) is 15.1. The lowest BCUT2D eigenvalue weighted by Crippen LogP contribution is -2.12. The molecule has 23 heavy (non-hydrogen) atoms. The van der Waals surface area contributed by atoms with Crippen molar-refractivity contribution in [2.75, 3.05) is 12.4 Å². The number of hydrogen-bond acceptors (Lipinski definition) is 3. The van der Waals surface area contributed by atoms with Crippen LogP contribution in [0.4, 0.5) is 5.82 Å². The summed E-state index contributed by atoms with van der Waals surface area (Å²) in [5.74, 6) is 1.44. The Labute approximate surface area is 134 Å². The third-order valence-corrected chi connectivity index (χ3v) is 3.72. The second-order valence-electron chi connectivity index (χ2n) is 5.37. The van der Waals surface area contributed by atoms with Crippen molar-refractivity contribution in [1.82, 2.24) is 9.38 Å². The van der Waals surface area contributed by atoms with Crippen LogP contribution in [0.3, 0.4) is 0 Å². The molecule has 0 aliphatic rings. The molecule has 0 saturated heterocycles. The number of amides is 1. The average Bonchev–Trinajstić information content (AvgIpc) is 2.92. The van der Waals surface area contributed by atoms with Crippen LogP contribution in [0, 0.1) is 6.92 Å². The van der Waals surface area contributed by atoms with Crippen LogP contribution in [0.1, 0.15) is 18.9 Å². The van der Waals surface area contributed by atoms with E-state index in [4.69, 9.17) is 9.72 Å². The summed E-state index contributed by atoms with van der Waals surface area (Å²) in [6.45, 7) is 3.85. The van der Waals surface area contributed by atoms with E-state index in [1.807, 2.05) is 60.8 Å². The van der Waals surface area contributed by atoms with E-state index < -0.39 is 0 Å². The molecule has 0 aliphatic heterocycles. The summed E-state index contributed by atoms with van der Waals surface area (Å²) < 4.78 is 7.10. The standard InChI is InChI=1S/C18H19N3O2/c1-4-16(22)20-18-17(13-5-7-14(23-3)8-6-13)19-15-11-12(2)9-10-21(15)18/h5-11H,4H2,1-3H3,(H,20,22). The number of anilines is 1. The maximum absolute atomic E-state index is 11.9. The largest absolute Gasteiger partial charge is 0.497 e. The lowest BCUT2D eigenvalue weighted by molar-refractivity contribution is -0.115. The zero-order valence-corrected chi connectivity index (χ0v) is 13.5. The number of carbonyl (C=O) groups is 1. The van der Waals surface area contributed by atoms with E-state index in [0.29, 0.717) is 12.2 Å². The normalized spacial score (nSPS) is 10.7. The second-order valence-corrected chi connectivity index (χ2v) is 5.37. The highest BCUT2D eigenvalue weighted by molar-refractivity contribution is 5.94. The lowest BCUT2D eigenvalue weighted by Gasteiger charge is -2.07. The maximum Gasteiger partial charge on any atom is 0.225 e. The fourth-order valence-electron chi connectivity index (χ4n) is 2.44. The predicted molar refractivity (Wildman–Crippen MR) is 90.8 cm³/mol. The van der Waals surface area contributed by atoms with Gasteiger partial charge >= 0.3 is 0 Å². The summed E-state index contributed by atoms with van der Waals surface area (Å²) >= 11 is 0. The van der Waals surface area contributed by atoms with Gasteiger partial charge in [0.15, 0.2) is 0 Å². The molecule has 5 nitrogen and oxygen atoms in total. The Bertz CT molecular complexity index is 851. The number of methoxy groups -OCH3 is 1. The van der Waals surface area contributed by atoms with Crippen molar-refractivity contribution in [2.24, 2.45) is 0 Å². The second kappa shape index (κ2) is 6.12. The Kier molecular flexibility index (Phi) is 4.02. The van der Waals surface area contributed by atoms with Crippen molar-refractivity contribution in [3.05, 3.63) is 48.2 Å². The van der Waals surface area contributed by atoms with Crippen LogP contribution in [0.5, 0.6) is 5.75 Å². The van der Waals surface area contributed by atoms with Crippen LogP contribution >= 0.6 is 0 Å². The van der Waals surface area contributed by atoms with E-state index in [1.165, 1.54) is 0 Å². The number of aromatic nitrogens is 2. The number of imidazole rings is 1. The molecule has 1 amide bonds. The average molecular weight is 309 g/mol. The van der Waals surface area contributed by atoms with Crippen molar-refractivity contribution in [3.8, 4) is 17.0 Å². The zero-order chi connectivity index (χ0) is 16.4. The molecule has 0 radical (unpaired) electrons. The van der Waals surface area contributed by atoms with Crippen LogP contribution in [0.15, 0.2) is 42.6 Å². The Morgan fingerprint density at radius 2 is 2.00 bits per heavy atom. The first-order valence-electron chi connectivity index (χ1n) is 7.55. The van der Waals surface area contributed by atoms with Crippen molar-refractivity contribution in [3.63, 3.8) is 0 Å². The summed E-state index contributed by atoms with van der Waals surface area (Å²) in [7, 11) is 1.63. The third-order valence-electron chi connectivity index (χ3n) is 3.72. The SMILES string of the molecule is CCC(=O)Nc1c(-c2ccc(OC)cc2)nc2cc(C)ccn12. The molecule has 0 fully saturated rings. The van der Waals surface area contributed by atoms with Gasteiger partial charge in [-0.1, -0.05) is 6.92 Å². The van der Waals surface area contributed by atoms with Gasteiger partial charge in [0.05, 0.1) is 7.11 Å². The summed E-state index contributed by atoms with van der Waals surface area (Å²) in [6.07, 6.45) is 2.34. The minimum Gasteiger partial charge on any atom is -0.497 e. The number of nitrogens with zero attached hydrogens (tertiary/aromatic N) is 2. The molecule has 2 aromatic heterocycles. The molecule has 0 spiro atoms. The molecule has 0 unspecified atom stereocenters. The quantitative estimate of drug-likeness (QED) is 0.800. The van der Waals surface area contributed by atoms with Crippen molar-refractivity contribution < 1.29 is 9.53 Å². The highest BCUT2D eigenvalue weighted by Gasteiger charge is 2.16. The summed E-state index contributed by atoms with van der Waals surface area (Å²) in [5, 5.41) is 2.96. The lowest BCUT2D eigenvalue weighted by atomic mass is 10.1. The maximum atomic E-state index is 11.9. The fourth-order valence-corrected chi connectivity index (χ4v) is 2.44. The monoisotopic (exact) mass is 309 g/mol. The van der Waals surface area contributed by atoms with Gasteiger partial charge in [0.2, 0.25) is 5.91 Å². The van der Waals surface area contributed by atoms with Gasteiger partial charge < -0.3 is 10.1 Å². The number of ether oxygens (including phenoxy) is 1. The summed E-state index contributed by atoms with van der Waals surface area (Å²) in [5.41, 5.74) is 3.61. The number of hydrogen-bond donors (Lipinski definition) is 1. The Balaban J connectivity index is 2.16. The van der Waals surface area contributed by atoms with E-state index in [-0.39, 0.29) is 5.91 Å². The van der Waals surface area contributed by atoms with Crippen molar-refractivity contribution >= 4 is 17.4 Å². The number of benzene rings is 1. The first-order chi connectivity index (χ1) is 11.1. The summed E-state index contributed by atoms with van der Waals surface area (Å²) in [6, 6.07) is 11.6. The molecule has 0 bridgehead atoms. The van der Waals surface area contributed by atoms with E-state index in [9.17, 15) is 4.79 Å². The Morgan fingerprint density at radius 1 is 1.26 bits per heavy atom. The molecule has 118 valence electrons. The highest BCUT2D eigenvalue weighted by atomic mass is 16.5. The topological polar surface area (TPSA) is 55.6 Å². The van der Waals surface area contributed by atoms with Crippen LogP contribution in [-0.4, -0.2) is 22.4 Å². The van der Waals surface area contributed by atoms with Crippen molar-refractivity contribution in [1.29, 1.82) is 0 Å². The van der Waals surface area contributed by atoms with E-state index >= 15 is 0 Å². The van der Waals surface area contributed by atoms with Crippen LogP contribution in [0.25, 0.3) is 16.9 Å². The minimum absolute atomic E-state index is 0.0397. The zero-order valence-electron chi connectivity index (χ0n) is 13.5. The van der Waals surface area contributed by atoms with E-state index in [0.717, 1.165) is 28.2 Å². The fraction of sp³-hybridized carbons (Fsp3) is 0.222. The molecule has 5 heteroatoms. The van der Waals surface area contributed by atoms with E-state index in [1.54, 1.807) is 7.11 Å². The molecule has 1 aromatic carbocycles. The number of rotatable bonds is 4. The molecule has 0 aliphatic carbocycles. The van der Waals surface area contributed by atoms with Gasteiger partial charge in [-0.2, -0.15) is 0 Å². The number of aryl methyl sites for hydroxylation is 1. The number of nitrogens with one attached hydrogen (secondary N) is 1. The Morgan fingerprint density at radius 3 is 2.65 bits per heavy atom. The predicted octanol–water partition coefficient (Wildman–Crippen LogP) is 3.67. The smallest absolute Gasteiger partial charge is 0.225 e. The highest BCUT2D eigenvalue weighted by Crippen LogP contribution is 2.30. The molecular weight excluding hydrogens is 290 g/mol. The molecule has 1 N–H and O–H groups in total. The third kappa shape index (κ3) is 2.90. The minimum atomic E-state index is -0.0397. The van der Waals surface area contributed by atoms with Gasteiger partial charge in [0.1, 0.15) is 22.9 Å². The first-order valence-corrected chi connectivity index (χ1v) is 7.55. The molecule has 0 atom stereocenters. The number of fused-ring (bicyclic) bond motifs is 1. The Hall–Kier alpha value is -2.82. The molecular formula is C18H19N3O2. The molecule has 2 heterocycles. The van der Waals surface area contributed by atoms with Crippen molar-refractivity contribution in [2.45, 2.75) is 20.3 Å². The van der Waals surface area contributed by atoms with Crippen LogP contribution < -0.4 is 10.1 Å². The van der Waals surface area contributed by atoms with Gasteiger partial charge in [-0.15, -0.1) is 0 Å². The van der Waals surface area contributed by atoms with Crippen LogP contribution in [-0.2, 0) is 4.79 Å². The molecule has 3 aromatic rings.